The third-order valence-corrected chi connectivity index (χ3v) is 4.53. The largest absolute Gasteiger partial charge is 0.408 e. The van der Waals surface area contributed by atoms with Crippen molar-refractivity contribution in [2.45, 2.75) is 17.2 Å². The average molecular weight is 375 g/mol. The van der Waals surface area contributed by atoms with Crippen molar-refractivity contribution in [2.75, 3.05) is 0 Å². The quantitative estimate of drug-likeness (QED) is 0.703. The lowest BCUT2D eigenvalue weighted by molar-refractivity contribution is -0.153. The molecule has 0 bridgehead atoms. The van der Waals surface area contributed by atoms with Gasteiger partial charge in [0.05, 0.1) is 0 Å². The van der Waals surface area contributed by atoms with Crippen molar-refractivity contribution < 1.29 is 26.0 Å². The molecule has 0 saturated heterocycles. The van der Waals surface area contributed by atoms with Crippen molar-refractivity contribution in [2.24, 2.45) is 0 Å². The third-order valence-electron chi connectivity index (χ3n) is 3.22. The summed E-state index contributed by atoms with van der Waals surface area (Å²) in [7, 11) is -4.62. The lowest BCUT2D eigenvalue weighted by Gasteiger charge is -2.21. The Morgan fingerprint density at radius 3 is 2.40 bits per heavy atom. The molecule has 0 aliphatic heterocycles. The lowest BCUT2D eigenvalue weighted by atomic mass is 10.1. The molecule has 25 heavy (non-hydrogen) atoms. The molecule has 3 rings (SSSR count). The van der Waals surface area contributed by atoms with E-state index in [9.17, 15) is 26.0 Å². The van der Waals surface area contributed by atoms with Crippen LogP contribution in [0.25, 0.3) is 5.65 Å². The number of rotatable bonds is 4. The zero-order valence-electron chi connectivity index (χ0n) is 12.1. The van der Waals surface area contributed by atoms with Crippen LogP contribution in [0, 0.1) is 5.82 Å². The molecule has 0 aliphatic rings. The Kier molecular flexibility index (Phi) is 4.16. The molecule has 1 unspecified atom stereocenters. The Morgan fingerprint density at radius 1 is 1.08 bits per heavy atom. The van der Waals surface area contributed by atoms with Crippen molar-refractivity contribution >= 4 is 15.7 Å². The Labute approximate surface area is 138 Å². The highest BCUT2D eigenvalue weighted by Gasteiger charge is 2.43. The number of nitrogens with one attached hydrogen (secondary N) is 1. The first-order valence-electron chi connectivity index (χ1n) is 6.68. The van der Waals surface area contributed by atoms with Gasteiger partial charge in [-0.1, -0.05) is 12.1 Å². The standard InChI is InChI=1S/C13H9F4N5O2S/c14-9-3-1-8(2-4-9)12(13(15,16)17)21-25(23,24)11-6-5-10-19-18-7-22(10)20-11/h1-7,12,21H. The van der Waals surface area contributed by atoms with Gasteiger partial charge in [-0.2, -0.15) is 27.5 Å². The van der Waals surface area contributed by atoms with Gasteiger partial charge in [-0.3, -0.25) is 0 Å². The molecule has 0 aliphatic carbocycles. The van der Waals surface area contributed by atoms with Crippen LogP contribution >= 0.6 is 0 Å². The van der Waals surface area contributed by atoms with Gasteiger partial charge in [-0.05, 0) is 29.8 Å². The first kappa shape index (κ1) is 17.2. The molecule has 132 valence electrons. The average Bonchev–Trinajstić information content (AvgIpc) is 3.00. The minimum atomic E-state index is -4.94. The van der Waals surface area contributed by atoms with E-state index in [1.54, 1.807) is 4.72 Å². The number of halogens is 4. The lowest BCUT2D eigenvalue weighted by Crippen LogP contribution is -2.38. The second-order valence-electron chi connectivity index (χ2n) is 4.95. The Morgan fingerprint density at radius 2 is 1.76 bits per heavy atom. The SMILES string of the molecule is O=S(=O)(NC(c1ccc(F)cc1)C(F)(F)F)c1ccc2nncn2n1. The normalized spacial score (nSPS) is 13.9. The van der Waals surface area contributed by atoms with Crippen LogP contribution in [-0.2, 0) is 10.0 Å². The van der Waals surface area contributed by atoms with E-state index in [2.05, 4.69) is 15.3 Å². The fraction of sp³-hybridized carbons (Fsp3) is 0.154. The van der Waals surface area contributed by atoms with Crippen LogP contribution in [0.1, 0.15) is 11.6 Å². The highest BCUT2D eigenvalue weighted by atomic mass is 32.2. The Bertz CT molecular complexity index is 1000. The van der Waals surface area contributed by atoms with Crippen molar-refractivity contribution in [3.05, 3.63) is 54.1 Å². The van der Waals surface area contributed by atoms with Crippen LogP contribution in [0.2, 0.25) is 0 Å². The second-order valence-corrected chi connectivity index (χ2v) is 6.61. The summed E-state index contributed by atoms with van der Waals surface area (Å²) in [6.45, 7) is 0. The summed E-state index contributed by atoms with van der Waals surface area (Å²) in [6, 6.07) is 3.02. The monoisotopic (exact) mass is 375 g/mol. The van der Waals surface area contributed by atoms with Crippen LogP contribution in [0.4, 0.5) is 17.6 Å². The topological polar surface area (TPSA) is 89.2 Å². The molecule has 0 spiro atoms. The van der Waals surface area contributed by atoms with Gasteiger partial charge in [0.1, 0.15) is 18.2 Å². The Hall–Kier alpha value is -2.60. The van der Waals surface area contributed by atoms with Gasteiger partial charge in [0, 0.05) is 0 Å². The van der Waals surface area contributed by atoms with Crippen molar-refractivity contribution in [3.63, 3.8) is 0 Å². The summed E-state index contributed by atoms with van der Waals surface area (Å²) in [5, 5.41) is 10.1. The fourth-order valence-electron chi connectivity index (χ4n) is 2.05. The minimum Gasteiger partial charge on any atom is -0.207 e. The van der Waals surface area contributed by atoms with Gasteiger partial charge >= 0.3 is 6.18 Å². The molecule has 2 heterocycles. The smallest absolute Gasteiger partial charge is 0.207 e. The summed E-state index contributed by atoms with van der Waals surface area (Å²) < 4.78 is 79.9. The zero-order valence-corrected chi connectivity index (χ0v) is 13.0. The van der Waals surface area contributed by atoms with Crippen molar-refractivity contribution in [3.8, 4) is 0 Å². The van der Waals surface area contributed by atoms with Crippen molar-refractivity contribution in [1.29, 1.82) is 0 Å². The molecule has 1 aromatic carbocycles. The Balaban J connectivity index is 1.98. The summed E-state index contributed by atoms with van der Waals surface area (Å²) in [6.07, 6.45) is -3.83. The van der Waals surface area contributed by atoms with E-state index in [0.29, 0.717) is 0 Å². The molecule has 1 N–H and O–H groups in total. The summed E-state index contributed by atoms with van der Waals surface area (Å²) in [5.41, 5.74) is -0.229. The fourth-order valence-corrected chi connectivity index (χ4v) is 3.19. The van der Waals surface area contributed by atoms with E-state index < -0.39 is 38.6 Å². The molecule has 0 saturated carbocycles. The first-order chi connectivity index (χ1) is 11.7. The molecule has 0 radical (unpaired) electrons. The number of hydrogen-bond acceptors (Lipinski definition) is 5. The van der Waals surface area contributed by atoms with Gasteiger partial charge in [-0.15, -0.1) is 10.2 Å². The molecular formula is C13H9F4N5O2S. The van der Waals surface area contributed by atoms with E-state index in [0.717, 1.165) is 41.2 Å². The highest BCUT2D eigenvalue weighted by molar-refractivity contribution is 7.89. The maximum Gasteiger partial charge on any atom is 0.408 e. The van der Waals surface area contributed by atoms with Crippen LogP contribution < -0.4 is 4.72 Å². The number of fused-ring (bicyclic) bond motifs is 1. The number of benzene rings is 1. The second kappa shape index (κ2) is 6.04. The molecule has 0 fully saturated rings. The number of aromatic nitrogens is 4. The molecule has 3 aromatic rings. The van der Waals surface area contributed by atoms with E-state index in [1.807, 2.05) is 0 Å². The number of hydrogen-bond donors (Lipinski definition) is 1. The molecule has 2 aromatic heterocycles. The predicted octanol–water partition coefficient (Wildman–Crippen LogP) is 1.85. The van der Waals surface area contributed by atoms with Gasteiger partial charge in [0.2, 0.25) is 0 Å². The molecular weight excluding hydrogens is 366 g/mol. The number of alkyl halides is 3. The maximum atomic E-state index is 13.3. The third kappa shape index (κ3) is 3.58. The summed E-state index contributed by atoms with van der Waals surface area (Å²) in [5.74, 6) is -0.743. The van der Waals surface area contributed by atoms with E-state index in [1.165, 1.54) is 6.07 Å². The zero-order chi connectivity index (χ0) is 18.2. The molecule has 0 amide bonds. The van der Waals surface area contributed by atoms with Gasteiger partial charge in [0.15, 0.2) is 10.7 Å². The van der Waals surface area contributed by atoms with E-state index in [-0.39, 0.29) is 5.65 Å². The van der Waals surface area contributed by atoms with Crippen LogP contribution in [0.5, 0.6) is 0 Å². The number of sulfonamides is 1. The van der Waals surface area contributed by atoms with Crippen LogP contribution in [0.3, 0.4) is 0 Å². The maximum absolute atomic E-state index is 13.3. The van der Waals surface area contributed by atoms with E-state index >= 15 is 0 Å². The molecule has 1 atom stereocenters. The van der Waals surface area contributed by atoms with E-state index in [4.69, 9.17) is 0 Å². The van der Waals surface area contributed by atoms with Gasteiger partial charge in [-0.25, -0.2) is 12.8 Å². The highest BCUT2D eigenvalue weighted by Crippen LogP contribution is 2.33. The molecule has 12 heteroatoms. The van der Waals surface area contributed by atoms with Gasteiger partial charge in [0.25, 0.3) is 10.0 Å². The van der Waals surface area contributed by atoms with Crippen molar-refractivity contribution in [1.82, 2.24) is 24.5 Å². The number of nitrogens with zero attached hydrogens (tertiary/aromatic N) is 4. The predicted molar refractivity (Wildman–Crippen MR) is 76.3 cm³/mol. The van der Waals surface area contributed by atoms with Crippen LogP contribution in [-0.4, -0.2) is 34.4 Å². The summed E-state index contributed by atoms with van der Waals surface area (Å²) >= 11 is 0. The molecule has 7 nitrogen and oxygen atoms in total. The summed E-state index contributed by atoms with van der Waals surface area (Å²) in [4.78, 5) is 0. The van der Waals surface area contributed by atoms with Crippen LogP contribution in [0.15, 0.2) is 47.8 Å². The van der Waals surface area contributed by atoms with Gasteiger partial charge < -0.3 is 0 Å². The first-order valence-corrected chi connectivity index (χ1v) is 8.17. The minimum absolute atomic E-state index is 0.227.